The molecule has 0 saturated heterocycles. The van der Waals surface area contributed by atoms with E-state index in [0.717, 1.165) is 17.8 Å². The van der Waals surface area contributed by atoms with Gasteiger partial charge in [-0.2, -0.15) is 0 Å². The van der Waals surface area contributed by atoms with E-state index >= 15 is 0 Å². The molecule has 0 N–H and O–H groups in total. The molecule has 0 aliphatic heterocycles. The van der Waals surface area contributed by atoms with Gasteiger partial charge in [0.15, 0.2) is 0 Å². The van der Waals surface area contributed by atoms with E-state index in [1.807, 2.05) is 0 Å². The van der Waals surface area contributed by atoms with Crippen LogP contribution in [0.4, 0.5) is 0 Å². The molecule has 2 bridgehead atoms. The molecular formula is C12H18. The van der Waals surface area contributed by atoms with Crippen LogP contribution in [0.15, 0.2) is 23.8 Å². The van der Waals surface area contributed by atoms with Crippen molar-refractivity contribution in [2.45, 2.75) is 33.1 Å². The molecule has 1 fully saturated rings. The molecule has 2 rings (SSSR count). The van der Waals surface area contributed by atoms with Crippen molar-refractivity contribution in [2.24, 2.45) is 17.8 Å². The van der Waals surface area contributed by atoms with E-state index in [1.54, 1.807) is 5.57 Å². The summed E-state index contributed by atoms with van der Waals surface area (Å²) in [4.78, 5) is 0. The van der Waals surface area contributed by atoms with Crippen LogP contribution in [-0.4, -0.2) is 0 Å². The van der Waals surface area contributed by atoms with Crippen LogP contribution < -0.4 is 0 Å². The Balaban J connectivity index is 2.07. The van der Waals surface area contributed by atoms with E-state index < -0.39 is 0 Å². The zero-order chi connectivity index (χ0) is 8.55. The van der Waals surface area contributed by atoms with Gasteiger partial charge in [-0.25, -0.2) is 0 Å². The summed E-state index contributed by atoms with van der Waals surface area (Å²) in [6.07, 6.45) is 11.3. The Hall–Kier alpha value is -0.520. The number of fused-ring (bicyclic) bond motifs is 2. The standard InChI is InChI=1S/C12H18/c1-3-4-9(2)12-8-10-5-6-11(12)7-10/h4-6,10-12H,3,7-8H2,1-2H3/b9-4-. The largest absolute Gasteiger partial charge is 0.0856 e. The highest BCUT2D eigenvalue weighted by Gasteiger charge is 2.35. The van der Waals surface area contributed by atoms with E-state index in [0.29, 0.717) is 0 Å². The first-order valence-corrected chi connectivity index (χ1v) is 5.16. The third kappa shape index (κ3) is 1.24. The third-order valence-electron chi connectivity index (χ3n) is 3.39. The molecule has 0 spiro atoms. The van der Waals surface area contributed by atoms with Gasteiger partial charge in [0.05, 0.1) is 0 Å². The van der Waals surface area contributed by atoms with Crippen LogP contribution in [0.5, 0.6) is 0 Å². The van der Waals surface area contributed by atoms with Gasteiger partial charge in [-0.05, 0) is 43.9 Å². The van der Waals surface area contributed by atoms with Crippen LogP contribution in [0.25, 0.3) is 0 Å². The molecule has 2 aliphatic rings. The maximum absolute atomic E-state index is 2.44. The average Bonchev–Trinajstić information content (AvgIpc) is 2.64. The van der Waals surface area contributed by atoms with Gasteiger partial charge in [-0.3, -0.25) is 0 Å². The molecule has 0 aromatic rings. The average molecular weight is 162 g/mol. The van der Waals surface area contributed by atoms with Crippen molar-refractivity contribution < 1.29 is 0 Å². The normalized spacial score (nSPS) is 39.5. The fourth-order valence-electron chi connectivity index (χ4n) is 2.78. The number of hydrogen-bond acceptors (Lipinski definition) is 0. The Morgan fingerprint density at radius 3 is 2.75 bits per heavy atom. The molecule has 66 valence electrons. The predicted molar refractivity (Wildman–Crippen MR) is 52.9 cm³/mol. The second kappa shape index (κ2) is 3.08. The highest BCUT2D eigenvalue weighted by molar-refractivity contribution is 5.19. The first-order chi connectivity index (χ1) is 5.81. The monoisotopic (exact) mass is 162 g/mol. The predicted octanol–water partition coefficient (Wildman–Crippen LogP) is 3.55. The second-order valence-electron chi connectivity index (χ2n) is 4.24. The minimum atomic E-state index is 0.887. The van der Waals surface area contributed by atoms with Crippen LogP contribution in [0.3, 0.4) is 0 Å². The minimum Gasteiger partial charge on any atom is -0.0856 e. The lowest BCUT2D eigenvalue weighted by atomic mass is 9.87. The van der Waals surface area contributed by atoms with Crippen molar-refractivity contribution in [2.75, 3.05) is 0 Å². The van der Waals surface area contributed by atoms with Crippen molar-refractivity contribution in [1.82, 2.24) is 0 Å². The molecule has 1 saturated carbocycles. The Morgan fingerprint density at radius 1 is 1.42 bits per heavy atom. The maximum Gasteiger partial charge on any atom is -0.0137 e. The topological polar surface area (TPSA) is 0 Å². The molecule has 2 aliphatic carbocycles. The fourth-order valence-corrected chi connectivity index (χ4v) is 2.78. The SMILES string of the molecule is CC/C=C(/C)C1CC2C=CC1C2. The minimum absolute atomic E-state index is 0.887. The lowest BCUT2D eigenvalue weighted by molar-refractivity contribution is 0.518. The Bertz CT molecular complexity index is 222. The lowest BCUT2D eigenvalue weighted by Crippen LogP contribution is -2.07. The maximum atomic E-state index is 2.44. The van der Waals surface area contributed by atoms with Crippen molar-refractivity contribution in [3.8, 4) is 0 Å². The zero-order valence-corrected chi connectivity index (χ0v) is 8.09. The van der Waals surface area contributed by atoms with Crippen molar-refractivity contribution >= 4 is 0 Å². The molecule has 0 radical (unpaired) electrons. The molecule has 3 unspecified atom stereocenters. The number of allylic oxidation sites excluding steroid dienone is 4. The second-order valence-corrected chi connectivity index (χ2v) is 4.24. The fraction of sp³-hybridized carbons (Fsp3) is 0.667. The van der Waals surface area contributed by atoms with Gasteiger partial charge in [0.25, 0.3) is 0 Å². The van der Waals surface area contributed by atoms with E-state index in [2.05, 4.69) is 32.1 Å². The van der Waals surface area contributed by atoms with Gasteiger partial charge in [0.1, 0.15) is 0 Å². The van der Waals surface area contributed by atoms with Crippen LogP contribution in [0.2, 0.25) is 0 Å². The van der Waals surface area contributed by atoms with Crippen LogP contribution >= 0.6 is 0 Å². The van der Waals surface area contributed by atoms with Gasteiger partial charge in [0.2, 0.25) is 0 Å². The summed E-state index contributed by atoms with van der Waals surface area (Å²) in [6.45, 7) is 4.54. The highest BCUT2D eigenvalue weighted by atomic mass is 14.4. The van der Waals surface area contributed by atoms with Gasteiger partial charge < -0.3 is 0 Å². The molecule has 0 amide bonds. The van der Waals surface area contributed by atoms with Gasteiger partial charge in [0, 0.05) is 0 Å². The molecule has 0 heterocycles. The van der Waals surface area contributed by atoms with Gasteiger partial charge >= 0.3 is 0 Å². The van der Waals surface area contributed by atoms with E-state index in [4.69, 9.17) is 0 Å². The summed E-state index contributed by atoms with van der Waals surface area (Å²) in [5.41, 5.74) is 1.63. The van der Waals surface area contributed by atoms with Crippen LogP contribution in [-0.2, 0) is 0 Å². The summed E-state index contributed by atoms with van der Waals surface area (Å²) in [6, 6.07) is 0. The molecule has 0 aromatic carbocycles. The zero-order valence-electron chi connectivity index (χ0n) is 8.09. The van der Waals surface area contributed by atoms with Crippen molar-refractivity contribution in [3.05, 3.63) is 23.8 Å². The van der Waals surface area contributed by atoms with E-state index in [-0.39, 0.29) is 0 Å². The van der Waals surface area contributed by atoms with Crippen LogP contribution in [0.1, 0.15) is 33.1 Å². The Kier molecular flexibility index (Phi) is 2.08. The van der Waals surface area contributed by atoms with Crippen LogP contribution in [0, 0.1) is 17.8 Å². The van der Waals surface area contributed by atoms with Gasteiger partial charge in [-0.15, -0.1) is 0 Å². The molecule has 0 heteroatoms. The van der Waals surface area contributed by atoms with Crippen molar-refractivity contribution in [3.63, 3.8) is 0 Å². The first kappa shape index (κ1) is 8.10. The summed E-state index contributed by atoms with van der Waals surface area (Å²) >= 11 is 0. The highest BCUT2D eigenvalue weighted by Crippen LogP contribution is 2.46. The Labute approximate surface area is 75.4 Å². The Morgan fingerprint density at radius 2 is 2.25 bits per heavy atom. The van der Waals surface area contributed by atoms with Gasteiger partial charge in [-0.1, -0.05) is 30.7 Å². The molecule has 0 nitrogen and oxygen atoms in total. The van der Waals surface area contributed by atoms with E-state index in [9.17, 15) is 0 Å². The molecular weight excluding hydrogens is 144 g/mol. The summed E-state index contributed by atoms with van der Waals surface area (Å²) in [5.74, 6) is 2.69. The van der Waals surface area contributed by atoms with E-state index in [1.165, 1.54) is 19.3 Å². The van der Waals surface area contributed by atoms with Crippen molar-refractivity contribution in [1.29, 1.82) is 0 Å². The lowest BCUT2D eigenvalue weighted by Gasteiger charge is -2.18. The number of hydrogen-bond donors (Lipinski definition) is 0. The quantitative estimate of drug-likeness (QED) is 0.545. The molecule has 0 aromatic heterocycles. The number of rotatable bonds is 2. The smallest absolute Gasteiger partial charge is 0.0137 e. The summed E-state index contributed by atoms with van der Waals surface area (Å²) < 4.78 is 0. The molecule has 3 atom stereocenters. The molecule has 12 heavy (non-hydrogen) atoms. The summed E-state index contributed by atoms with van der Waals surface area (Å²) in [5, 5.41) is 0. The third-order valence-corrected chi connectivity index (χ3v) is 3.39. The summed E-state index contributed by atoms with van der Waals surface area (Å²) in [7, 11) is 0. The first-order valence-electron chi connectivity index (χ1n) is 5.16.